The van der Waals surface area contributed by atoms with Gasteiger partial charge in [-0.15, -0.1) is 0 Å². The van der Waals surface area contributed by atoms with Gasteiger partial charge in [-0.25, -0.2) is 0 Å². The normalized spacial score (nSPS) is 55.2. The molecule has 10 unspecified atom stereocenters. The highest BCUT2D eigenvalue weighted by Gasteiger charge is 2.71. The molecular weight excluding hydrogens is 408 g/mol. The van der Waals surface area contributed by atoms with Gasteiger partial charge in [0.05, 0.1) is 18.3 Å². The molecule has 0 spiro atoms. The Morgan fingerprint density at radius 3 is 2.21 bits per heavy atom. The molecule has 3 N–H and O–H groups in total. The van der Waals surface area contributed by atoms with Crippen LogP contribution in [0.15, 0.2) is 23.3 Å². The van der Waals surface area contributed by atoms with Gasteiger partial charge in [0, 0.05) is 10.8 Å². The van der Waals surface area contributed by atoms with Crippen LogP contribution in [-0.4, -0.2) is 33.6 Å². The molecule has 186 valence electrons. The highest BCUT2D eigenvalue weighted by Crippen LogP contribution is 2.75. The second kappa shape index (κ2) is 6.98. The van der Waals surface area contributed by atoms with Gasteiger partial charge >= 0.3 is 0 Å². The van der Waals surface area contributed by atoms with Gasteiger partial charge in [-0.1, -0.05) is 67.5 Å². The number of aliphatic hydroxyl groups is 3. The second-order valence-electron chi connectivity index (χ2n) is 14.5. The Morgan fingerprint density at radius 1 is 0.909 bits per heavy atom. The van der Waals surface area contributed by atoms with Crippen LogP contribution < -0.4 is 0 Å². The van der Waals surface area contributed by atoms with Crippen molar-refractivity contribution < 1.29 is 15.3 Å². The summed E-state index contributed by atoms with van der Waals surface area (Å²) in [6.45, 7) is 18.6. The van der Waals surface area contributed by atoms with Crippen LogP contribution in [0.1, 0.15) is 93.9 Å². The molecule has 5 aliphatic rings. The van der Waals surface area contributed by atoms with Gasteiger partial charge in [-0.05, 0) is 89.6 Å². The number of fused-ring (bicyclic) bond motifs is 7. The van der Waals surface area contributed by atoms with Gasteiger partial charge in [0.1, 0.15) is 0 Å². The van der Waals surface area contributed by atoms with E-state index in [4.69, 9.17) is 0 Å². The van der Waals surface area contributed by atoms with Crippen molar-refractivity contribution in [1.82, 2.24) is 0 Å². The first kappa shape index (κ1) is 24.1. The highest BCUT2D eigenvalue weighted by atomic mass is 16.3. The lowest BCUT2D eigenvalue weighted by Crippen LogP contribution is -2.64. The predicted octanol–water partition coefficient (Wildman–Crippen LogP) is 5.89. The molecule has 0 amide bonds. The minimum Gasteiger partial charge on any atom is -0.393 e. The van der Waals surface area contributed by atoms with Gasteiger partial charge in [-0.3, -0.25) is 0 Å². The second-order valence-corrected chi connectivity index (χ2v) is 14.5. The average Bonchev–Trinajstić information content (AvgIpc) is 3.00. The topological polar surface area (TPSA) is 60.7 Å². The lowest BCUT2D eigenvalue weighted by atomic mass is 9.37. The zero-order valence-corrected chi connectivity index (χ0v) is 22.3. The lowest BCUT2D eigenvalue weighted by Gasteiger charge is -2.67. The van der Waals surface area contributed by atoms with Crippen molar-refractivity contribution >= 4 is 0 Å². The van der Waals surface area contributed by atoms with E-state index in [-0.39, 0.29) is 45.2 Å². The number of hydrogen-bond donors (Lipinski definition) is 3. The maximum atomic E-state index is 11.8. The quantitative estimate of drug-likeness (QED) is 0.461. The molecule has 33 heavy (non-hydrogen) atoms. The van der Waals surface area contributed by atoms with E-state index in [0.717, 1.165) is 38.5 Å². The van der Waals surface area contributed by atoms with Crippen molar-refractivity contribution in [1.29, 1.82) is 0 Å². The fraction of sp³-hybridized carbons (Fsp3) is 0.867. The SMILES string of the molecule is CC(C)C1CC(O)C2C1(C)C(O)CC1(C)C3=CCC4C(C)(CCC(O)C4(C)C)C3=CCC21C. The summed E-state index contributed by atoms with van der Waals surface area (Å²) in [6, 6.07) is 0. The van der Waals surface area contributed by atoms with Crippen molar-refractivity contribution in [2.75, 3.05) is 0 Å². The summed E-state index contributed by atoms with van der Waals surface area (Å²) in [5.41, 5.74) is 2.43. The van der Waals surface area contributed by atoms with E-state index in [1.807, 2.05) is 0 Å². The smallest absolute Gasteiger partial charge is 0.0609 e. The molecule has 0 bridgehead atoms. The summed E-state index contributed by atoms with van der Waals surface area (Å²) in [4.78, 5) is 0. The van der Waals surface area contributed by atoms with Crippen LogP contribution in [0.5, 0.6) is 0 Å². The Bertz CT molecular complexity index is 900. The zero-order valence-electron chi connectivity index (χ0n) is 22.3. The summed E-state index contributed by atoms with van der Waals surface area (Å²) >= 11 is 0. The molecule has 3 nitrogen and oxygen atoms in total. The zero-order chi connectivity index (χ0) is 24.4. The van der Waals surface area contributed by atoms with Crippen LogP contribution in [0.4, 0.5) is 0 Å². The molecular formula is C30H48O3. The predicted molar refractivity (Wildman–Crippen MR) is 133 cm³/mol. The number of aliphatic hydroxyl groups excluding tert-OH is 3. The molecule has 0 radical (unpaired) electrons. The third kappa shape index (κ3) is 2.68. The number of allylic oxidation sites excluding steroid dienone is 4. The largest absolute Gasteiger partial charge is 0.393 e. The summed E-state index contributed by atoms with van der Waals surface area (Å²) in [5.74, 6) is 1.33. The van der Waals surface area contributed by atoms with E-state index < -0.39 is 6.10 Å². The van der Waals surface area contributed by atoms with E-state index >= 15 is 0 Å². The molecule has 3 fully saturated rings. The molecule has 3 heteroatoms. The summed E-state index contributed by atoms with van der Waals surface area (Å²) in [5, 5.41) is 34.1. The molecule has 0 heterocycles. The maximum absolute atomic E-state index is 11.8. The Hall–Kier alpha value is -0.640. The molecule has 5 aliphatic carbocycles. The molecule has 0 aromatic heterocycles. The summed E-state index contributed by atoms with van der Waals surface area (Å²) in [7, 11) is 0. The van der Waals surface area contributed by atoms with E-state index in [1.54, 1.807) is 0 Å². The van der Waals surface area contributed by atoms with Crippen molar-refractivity contribution in [2.24, 2.45) is 50.7 Å². The first-order valence-electron chi connectivity index (χ1n) is 13.6. The van der Waals surface area contributed by atoms with Crippen molar-refractivity contribution in [3.8, 4) is 0 Å². The van der Waals surface area contributed by atoms with E-state index in [1.165, 1.54) is 11.1 Å². The van der Waals surface area contributed by atoms with Crippen molar-refractivity contribution in [2.45, 2.75) is 112 Å². The Kier molecular flexibility index (Phi) is 5.09. The third-order valence-corrected chi connectivity index (χ3v) is 12.7. The standard InChI is InChI=1S/C30H48O3/c1-17(2)20-15-21(31)25-28(6)14-11-18-19(29(28,7)16-24(33)30(20,25)8)9-10-22-26(3,4)23(32)12-13-27(18,22)5/h9,11,17,20-25,31-33H,10,12-16H2,1-8H3. The van der Waals surface area contributed by atoms with Crippen LogP contribution in [0.3, 0.4) is 0 Å². The fourth-order valence-electron chi connectivity index (χ4n) is 10.6. The molecule has 10 atom stereocenters. The average molecular weight is 457 g/mol. The highest BCUT2D eigenvalue weighted by molar-refractivity contribution is 5.50. The Balaban J connectivity index is 1.64. The Morgan fingerprint density at radius 2 is 1.58 bits per heavy atom. The lowest BCUT2D eigenvalue weighted by molar-refractivity contribution is -0.187. The molecule has 3 saturated carbocycles. The van der Waals surface area contributed by atoms with E-state index in [0.29, 0.717) is 17.8 Å². The first-order valence-corrected chi connectivity index (χ1v) is 13.6. The van der Waals surface area contributed by atoms with E-state index in [9.17, 15) is 15.3 Å². The molecule has 0 aromatic carbocycles. The molecule has 0 aromatic rings. The minimum atomic E-state index is -0.402. The van der Waals surface area contributed by atoms with Gasteiger partial charge < -0.3 is 15.3 Å². The van der Waals surface area contributed by atoms with Crippen molar-refractivity contribution in [3.63, 3.8) is 0 Å². The molecule has 5 rings (SSSR count). The van der Waals surface area contributed by atoms with Crippen LogP contribution in [0.2, 0.25) is 0 Å². The monoisotopic (exact) mass is 456 g/mol. The van der Waals surface area contributed by atoms with Gasteiger partial charge in [0.2, 0.25) is 0 Å². The molecule has 0 aliphatic heterocycles. The third-order valence-electron chi connectivity index (χ3n) is 12.7. The van der Waals surface area contributed by atoms with E-state index in [2.05, 4.69) is 67.5 Å². The van der Waals surface area contributed by atoms with Crippen molar-refractivity contribution in [3.05, 3.63) is 23.3 Å². The molecule has 0 saturated heterocycles. The van der Waals surface area contributed by atoms with Gasteiger partial charge in [0.25, 0.3) is 0 Å². The summed E-state index contributed by atoms with van der Waals surface area (Å²) < 4.78 is 0. The number of hydrogen-bond acceptors (Lipinski definition) is 3. The first-order chi connectivity index (χ1) is 15.2. The van der Waals surface area contributed by atoms with Crippen LogP contribution in [0, 0.1) is 50.7 Å². The van der Waals surface area contributed by atoms with Crippen LogP contribution >= 0.6 is 0 Å². The van der Waals surface area contributed by atoms with Crippen LogP contribution in [-0.2, 0) is 0 Å². The van der Waals surface area contributed by atoms with Crippen LogP contribution in [0.25, 0.3) is 0 Å². The van der Waals surface area contributed by atoms with Gasteiger partial charge in [0.15, 0.2) is 0 Å². The fourth-order valence-corrected chi connectivity index (χ4v) is 10.6. The number of rotatable bonds is 1. The summed E-state index contributed by atoms with van der Waals surface area (Å²) in [6.07, 6.45) is 9.45. The maximum Gasteiger partial charge on any atom is 0.0609 e. The minimum absolute atomic E-state index is 0.0671. The van der Waals surface area contributed by atoms with Gasteiger partial charge in [-0.2, -0.15) is 0 Å². The Labute approximate surface area is 201 Å².